The van der Waals surface area contributed by atoms with Crippen molar-refractivity contribution in [2.24, 2.45) is 5.92 Å². The van der Waals surface area contributed by atoms with Crippen molar-refractivity contribution in [3.8, 4) is 11.5 Å². The van der Waals surface area contributed by atoms with Crippen LogP contribution in [0.3, 0.4) is 0 Å². The number of anilines is 1. The molecule has 0 aliphatic carbocycles. The number of nitrogens with one attached hydrogen (secondary N) is 1. The van der Waals surface area contributed by atoms with Crippen LogP contribution in [0.5, 0.6) is 11.5 Å². The zero-order valence-corrected chi connectivity index (χ0v) is 17.2. The van der Waals surface area contributed by atoms with Gasteiger partial charge in [-0.3, -0.25) is 19.8 Å². The number of nitrogens with zero attached hydrogens (tertiary/aromatic N) is 2. The maximum Gasteiger partial charge on any atom is 0.296 e. The Morgan fingerprint density at radius 2 is 2.03 bits per heavy atom. The zero-order valence-electron chi connectivity index (χ0n) is 17.2. The van der Waals surface area contributed by atoms with Crippen molar-refractivity contribution in [3.63, 3.8) is 0 Å². The van der Waals surface area contributed by atoms with Gasteiger partial charge >= 0.3 is 0 Å². The Kier molecular flexibility index (Phi) is 7.24. The predicted molar refractivity (Wildman–Crippen MR) is 114 cm³/mol. The van der Waals surface area contributed by atoms with Crippen LogP contribution < -0.4 is 14.8 Å². The number of ether oxygens (including phenoxy) is 2. The first-order chi connectivity index (χ1) is 14.5. The van der Waals surface area contributed by atoms with E-state index in [9.17, 15) is 14.9 Å². The molecule has 2 unspecified atom stereocenters. The van der Waals surface area contributed by atoms with Crippen molar-refractivity contribution in [1.29, 1.82) is 0 Å². The number of carbonyl (C=O) groups is 1. The average molecular weight is 413 g/mol. The number of nitro groups is 1. The van der Waals surface area contributed by atoms with Gasteiger partial charge in [0, 0.05) is 12.5 Å². The van der Waals surface area contributed by atoms with E-state index >= 15 is 0 Å². The van der Waals surface area contributed by atoms with Gasteiger partial charge in [-0.25, -0.2) is 0 Å². The molecule has 0 radical (unpaired) electrons. The monoisotopic (exact) mass is 413 g/mol. The Labute approximate surface area is 175 Å². The van der Waals surface area contributed by atoms with Gasteiger partial charge in [0.1, 0.15) is 17.2 Å². The molecular formula is C22H27N3O5. The molecule has 1 aliphatic heterocycles. The number of benzene rings is 2. The molecule has 2 atom stereocenters. The van der Waals surface area contributed by atoms with Gasteiger partial charge in [0.15, 0.2) is 0 Å². The molecule has 3 rings (SSSR count). The van der Waals surface area contributed by atoms with E-state index in [0.717, 1.165) is 31.7 Å². The molecule has 0 saturated carbocycles. The van der Waals surface area contributed by atoms with Crippen LogP contribution in [0.25, 0.3) is 0 Å². The highest BCUT2D eigenvalue weighted by atomic mass is 16.6. The van der Waals surface area contributed by atoms with E-state index in [2.05, 4.69) is 10.2 Å². The topological polar surface area (TPSA) is 93.9 Å². The highest BCUT2D eigenvalue weighted by Crippen LogP contribution is 2.29. The summed E-state index contributed by atoms with van der Waals surface area (Å²) in [5.74, 6) is 1.26. The van der Waals surface area contributed by atoms with Crippen molar-refractivity contribution in [1.82, 2.24) is 4.90 Å². The Balaban J connectivity index is 1.59. The van der Waals surface area contributed by atoms with Gasteiger partial charge in [0.05, 0.1) is 30.7 Å². The summed E-state index contributed by atoms with van der Waals surface area (Å²) in [6.45, 7) is 3.97. The lowest BCUT2D eigenvalue weighted by molar-refractivity contribution is -0.384. The maximum absolute atomic E-state index is 12.8. The number of nitro benzene ring substituents is 1. The highest BCUT2D eigenvalue weighted by molar-refractivity contribution is 5.96. The summed E-state index contributed by atoms with van der Waals surface area (Å²) in [6, 6.07) is 13.7. The first-order valence-corrected chi connectivity index (χ1v) is 10.0. The highest BCUT2D eigenvalue weighted by Gasteiger charge is 2.29. The second-order valence-corrected chi connectivity index (χ2v) is 7.43. The minimum absolute atomic E-state index is 0.165. The molecule has 1 heterocycles. The van der Waals surface area contributed by atoms with Crippen LogP contribution in [0.4, 0.5) is 11.4 Å². The molecule has 8 nitrogen and oxygen atoms in total. The molecule has 1 N–H and O–H groups in total. The number of methoxy groups -OCH3 is 1. The minimum atomic E-state index is -0.527. The smallest absolute Gasteiger partial charge is 0.296 e. The SMILES string of the molecule is COc1ccc(NC(=O)C(C)N2CCCC(COc3ccccc3)C2)c([N+](=O)[O-])c1. The summed E-state index contributed by atoms with van der Waals surface area (Å²) in [7, 11) is 1.44. The van der Waals surface area contributed by atoms with Crippen LogP contribution >= 0.6 is 0 Å². The lowest BCUT2D eigenvalue weighted by Crippen LogP contribution is -2.48. The van der Waals surface area contributed by atoms with Crippen molar-refractivity contribution in [3.05, 3.63) is 58.6 Å². The molecule has 0 spiro atoms. The van der Waals surface area contributed by atoms with E-state index in [-0.39, 0.29) is 17.3 Å². The quantitative estimate of drug-likeness (QED) is 0.524. The maximum atomic E-state index is 12.8. The minimum Gasteiger partial charge on any atom is -0.496 e. The van der Waals surface area contributed by atoms with Gasteiger partial charge in [-0.2, -0.15) is 0 Å². The Hall–Kier alpha value is -3.13. The Morgan fingerprint density at radius 1 is 1.27 bits per heavy atom. The van der Waals surface area contributed by atoms with Crippen LogP contribution in [-0.2, 0) is 4.79 Å². The normalized spacial score (nSPS) is 17.7. The van der Waals surface area contributed by atoms with Crippen molar-refractivity contribution >= 4 is 17.3 Å². The zero-order chi connectivity index (χ0) is 21.5. The molecule has 1 amide bonds. The molecule has 160 valence electrons. The summed E-state index contributed by atoms with van der Waals surface area (Å²) >= 11 is 0. The predicted octanol–water partition coefficient (Wildman–Crippen LogP) is 3.72. The second kappa shape index (κ2) is 10.1. The largest absolute Gasteiger partial charge is 0.496 e. The van der Waals surface area contributed by atoms with Crippen molar-refractivity contribution in [2.45, 2.75) is 25.8 Å². The van der Waals surface area contributed by atoms with Gasteiger partial charge < -0.3 is 14.8 Å². The first kappa shape index (κ1) is 21.6. The van der Waals surface area contributed by atoms with E-state index in [1.807, 2.05) is 37.3 Å². The number of hydrogen-bond donors (Lipinski definition) is 1. The van der Waals surface area contributed by atoms with E-state index in [1.165, 1.54) is 19.2 Å². The standard InChI is InChI=1S/C22H27N3O5/c1-16(22(26)23-20-11-10-19(29-2)13-21(20)25(27)28)24-12-6-7-17(14-24)15-30-18-8-4-3-5-9-18/h3-5,8-11,13,16-17H,6-7,12,14-15H2,1-2H3,(H,23,26). The summed E-state index contributed by atoms with van der Waals surface area (Å²) in [4.78, 5) is 25.7. The fourth-order valence-electron chi connectivity index (χ4n) is 3.61. The number of amides is 1. The van der Waals surface area contributed by atoms with Crippen LogP contribution in [0.15, 0.2) is 48.5 Å². The fourth-order valence-corrected chi connectivity index (χ4v) is 3.61. The molecule has 0 bridgehead atoms. The van der Waals surface area contributed by atoms with Gasteiger partial charge in [0.2, 0.25) is 5.91 Å². The molecule has 8 heteroatoms. The number of rotatable bonds is 8. The summed E-state index contributed by atoms with van der Waals surface area (Å²) in [5.41, 5.74) is -0.0266. The van der Waals surface area contributed by atoms with E-state index < -0.39 is 11.0 Å². The molecular weight excluding hydrogens is 386 g/mol. The Morgan fingerprint density at radius 3 is 2.73 bits per heavy atom. The van der Waals surface area contributed by atoms with Crippen molar-refractivity contribution < 1.29 is 19.2 Å². The Bertz CT molecular complexity index is 874. The lowest BCUT2D eigenvalue weighted by Gasteiger charge is -2.36. The van der Waals surface area contributed by atoms with Gasteiger partial charge in [-0.1, -0.05) is 18.2 Å². The second-order valence-electron chi connectivity index (χ2n) is 7.43. The van der Waals surface area contributed by atoms with Crippen LogP contribution in [0, 0.1) is 16.0 Å². The van der Waals surface area contributed by atoms with Gasteiger partial charge in [-0.05, 0) is 50.6 Å². The number of piperidine rings is 1. The molecule has 1 saturated heterocycles. The van der Waals surface area contributed by atoms with Gasteiger partial charge in [-0.15, -0.1) is 0 Å². The van der Waals surface area contributed by atoms with E-state index in [4.69, 9.17) is 9.47 Å². The van der Waals surface area contributed by atoms with Crippen molar-refractivity contribution in [2.75, 3.05) is 32.1 Å². The van der Waals surface area contributed by atoms with Crippen LogP contribution in [0.2, 0.25) is 0 Å². The van der Waals surface area contributed by atoms with E-state index in [0.29, 0.717) is 18.3 Å². The third-order valence-electron chi connectivity index (χ3n) is 5.37. The molecule has 2 aromatic carbocycles. The fraction of sp³-hybridized carbons (Fsp3) is 0.409. The third-order valence-corrected chi connectivity index (χ3v) is 5.37. The number of likely N-dealkylation sites (tertiary alicyclic amines) is 1. The summed E-state index contributed by atoms with van der Waals surface area (Å²) < 4.78 is 10.9. The molecule has 1 aliphatic rings. The first-order valence-electron chi connectivity index (χ1n) is 10.0. The molecule has 0 aromatic heterocycles. The summed E-state index contributed by atoms with van der Waals surface area (Å²) in [5, 5.41) is 14.1. The number of carbonyl (C=O) groups excluding carboxylic acids is 1. The molecule has 30 heavy (non-hydrogen) atoms. The number of para-hydroxylation sites is 1. The molecule has 1 fully saturated rings. The van der Waals surface area contributed by atoms with Crippen LogP contribution in [-0.4, -0.2) is 48.6 Å². The third kappa shape index (κ3) is 5.48. The van der Waals surface area contributed by atoms with E-state index in [1.54, 1.807) is 6.07 Å². The number of hydrogen-bond acceptors (Lipinski definition) is 6. The average Bonchev–Trinajstić information content (AvgIpc) is 2.78. The molecule has 2 aromatic rings. The lowest BCUT2D eigenvalue weighted by atomic mass is 9.97. The summed E-state index contributed by atoms with van der Waals surface area (Å²) in [6.07, 6.45) is 2.02. The van der Waals surface area contributed by atoms with Gasteiger partial charge in [0.25, 0.3) is 5.69 Å². The van der Waals surface area contributed by atoms with Crippen LogP contribution in [0.1, 0.15) is 19.8 Å².